The smallest absolute Gasteiger partial charge is 0.257 e. The van der Waals surface area contributed by atoms with Crippen molar-refractivity contribution in [1.29, 1.82) is 0 Å². The Kier molecular flexibility index (Phi) is 7.50. The molecular formula is C25H29N5O3. The molecule has 1 heterocycles. The molecule has 0 aliphatic carbocycles. The number of amides is 1. The molecule has 1 atom stereocenters. The predicted molar refractivity (Wildman–Crippen MR) is 130 cm³/mol. The van der Waals surface area contributed by atoms with Crippen molar-refractivity contribution in [3.8, 4) is 5.75 Å². The minimum atomic E-state index is -0.340. The molecular weight excluding hydrogens is 418 g/mol. The lowest BCUT2D eigenvalue weighted by molar-refractivity contribution is 0.0782. The van der Waals surface area contributed by atoms with Gasteiger partial charge in [0.2, 0.25) is 0 Å². The lowest BCUT2D eigenvalue weighted by Crippen LogP contribution is -2.31. The summed E-state index contributed by atoms with van der Waals surface area (Å²) in [5, 5.41) is 10.7. The van der Waals surface area contributed by atoms with Crippen LogP contribution in [0.15, 0.2) is 75.1 Å². The number of amidine groups is 2. The lowest BCUT2D eigenvalue weighted by atomic mass is 10.1. The van der Waals surface area contributed by atoms with Crippen molar-refractivity contribution in [2.75, 3.05) is 7.05 Å². The molecule has 8 nitrogen and oxygen atoms in total. The van der Waals surface area contributed by atoms with Gasteiger partial charge < -0.3 is 25.9 Å². The topological polar surface area (TPSA) is 130 Å². The van der Waals surface area contributed by atoms with Gasteiger partial charge in [-0.3, -0.25) is 9.79 Å². The molecule has 3 aromatic rings. The summed E-state index contributed by atoms with van der Waals surface area (Å²) in [7, 11) is 1.67. The first-order valence-electron chi connectivity index (χ1n) is 10.7. The van der Waals surface area contributed by atoms with Crippen molar-refractivity contribution < 1.29 is 14.3 Å². The van der Waals surface area contributed by atoms with E-state index in [1.54, 1.807) is 19.2 Å². The Labute approximate surface area is 193 Å². The summed E-state index contributed by atoms with van der Waals surface area (Å²) in [6.45, 7) is 4.21. The minimum absolute atomic E-state index is 0.0215. The molecule has 0 aliphatic heterocycles. The summed E-state index contributed by atoms with van der Waals surface area (Å²) in [5.41, 5.74) is 13.3. The molecule has 172 valence electrons. The second-order valence-corrected chi connectivity index (χ2v) is 7.70. The molecule has 0 radical (unpaired) electrons. The molecule has 0 unspecified atom stereocenters. The fourth-order valence-corrected chi connectivity index (χ4v) is 3.34. The number of rotatable bonds is 7. The maximum atomic E-state index is 12.9. The molecule has 1 amide bonds. The van der Waals surface area contributed by atoms with E-state index in [0.29, 0.717) is 18.7 Å². The zero-order valence-corrected chi connectivity index (χ0v) is 19.0. The van der Waals surface area contributed by atoms with Gasteiger partial charge in [0.25, 0.3) is 5.91 Å². The summed E-state index contributed by atoms with van der Waals surface area (Å²) in [5.74, 6) is 0.812. The monoisotopic (exact) mass is 447 g/mol. The summed E-state index contributed by atoms with van der Waals surface area (Å²) in [4.78, 5) is 23.1. The van der Waals surface area contributed by atoms with Crippen molar-refractivity contribution in [2.45, 2.75) is 32.9 Å². The number of phenols is 1. The SMILES string of the molecule is CC[C@@H](N=C(N)C(N)=Nc1cccc(C(=O)N(C)Cc2ccccc2)c1O)c1ccc(C)o1. The van der Waals surface area contributed by atoms with Gasteiger partial charge in [0.1, 0.15) is 23.2 Å². The third-order valence-electron chi connectivity index (χ3n) is 5.13. The molecule has 0 aliphatic rings. The summed E-state index contributed by atoms with van der Waals surface area (Å²) in [6, 6.07) is 17.7. The number of furan rings is 1. The number of benzene rings is 2. The molecule has 1 aromatic heterocycles. The van der Waals surface area contributed by atoms with Crippen molar-refractivity contribution in [2.24, 2.45) is 21.5 Å². The Balaban J connectivity index is 1.82. The van der Waals surface area contributed by atoms with Crippen molar-refractivity contribution in [1.82, 2.24) is 4.90 Å². The maximum absolute atomic E-state index is 12.9. The zero-order chi connectivity index (χ0) is 24.0. The standard InChI is InChI=1S/C25H29N5O3/c1-4-19(21-14-13-16(2)33-21)28-23(26)24(27)29-20-12-8-11-18(22(20)31)25(32)30(3)15-17-9-6-5-7-10-17/h5-14,19,31H,4,15H2,1-3H3,(H2,26,28)(H2,27,29)/t19-/m1/s1. The highest BCUT2D eigenvalue weighted by atomic mass is 16.3. The molecule has 0 fully saturated rings. The van der Waals surface area contributed by atoms with Gasteiger partial charge in [-0.05, 0) is 43.2 Å². The van der Waals surface area contributed by atoms with E-state index in [1.807, 2.05) is 56.3 Å². The summed E-state index contributed by atoms with van der Waals surface area (Å²) >= 11 is 0. The van der Waals surface area contributed by atoms with Crippen LogP contribution in [-0.4, -0.2) is 34.6 Å². The molecule has 0 saturated carbocycles. The van der Waals surface area contributed by atoms with E-state index in [-0.39, 0.29) is 40.6 Å². The predicted octanol–water partition coefficient (Wildman–Crippen LogP) is 4.06. The number of nitrogens with two attached hydrogens (primary N) is 2. The van der Waals surface area contributed by atoms with Crippen LogP contribution >= 0.6 is 0 Å². The average molecular weight is 448 g/mol. The fraction of sp³-hybridized carbons (Fsp3) is 0.240. The highest BCUT2D eigenvalue weighted by molar-refractivity contribution is 6.39. The van der Waals surface area contributed by atoms with Crippen molar-refractivity contribution >= 4 is 23.3 Å². The number of carbonyl (C=O) groups is 1. The summed E-state index contributed by atoms with van der Waals surface area (Å²) < 4.78 is 5.64. The Hall–Kier alpha value is -4.07. The van der Waals surface area contributed by atoms with Crippen molar-refractivity contribution in [3.05, 3.63) is 83.3 Å². The normalized spacial score (nSPS) is 13.1. The Morgan fingerprint density at radius 1 is 1.06 bits per heavy atom. The molecule has 0 bridgehead atoms. The van der Waals surface area contributed by atoms with E-state index in [1.165, 1.54) is 11.0 Å². The van der Waals surface area contributed by atoms with Crippen LogP contribution in [0.4, 0.5) is 5.69 Å². The first-order chi connectivity index (χ1) is 15.8. The number of phenolic OH excluding ortho intramolecular Hbond substituents is 1. The number of hydrogen-bond donors (Lipinski definition) is 3. The Morgan fingerprint density at radius 3 is 2.42 bits per heavy atom. The maximum Gasteiger partial charge on any atom is 0.257 e. The number of para-hydroxylation sites is 1. The Bertz CT molecular complexity index is 1170. The van der Waals surface area contributed by atoms with Gasteiger partial charge in [-0.1, -0.05) is 43.3 Å². The second-order valence-electron chi connectivity index (χ2n) is 7.70. The van der Waals surface area contributed by atoms with Crippen LogP contribution in [0.1, 0.15) is 46.8 Å². The van der Waals surface area contributed by atoms with Gasteiger partial charge >= 0.3 is 0 Å². The zero-order valence-electron chi connectivity index (χ0n) is 19.0. The fourth-order valence-electron chi connectivity index (χ4n) is 3.34. The number of hydrogen-bond acceptors (Lipinski definition) is 5. The van der Waals surface area contributed by atoms with Crippen LogP contribution in [-0.2, 0) is 6.54 Å². The number of carbonyl (C=O) groups excluding carboxylic acids is 1. The minimum Gasteiger partial charge on any atom is -0.505 e. The van der Waals surface area contributed by atoms with Gasteiger partial charge in [0, 0.05) is 13.6 Å². The van der Waals surface area contributed by atoms with Gasteiger partial charge in [-0.15, -0.1) is 0 Å². The van der Waals surface area contributed by atoms with Gasteiger partial charge in [-0.2, -0.15) is 0 Å². The van der Waals surface area contributed by atoms with E-state index < -0.39 is 0 Å². The number of aliphatic imine (C=N–C) groups is 2. The second kappa shape index (κ2) is 10.5. The molecule has 33 heavy (non-hydrogen) atoms. The molecule has 0 saturated heterocycles. The van der Waals surface area contributed by atoms with Crippen LogP contribution in [0, 0.1) is 6.92 Å². The van der Waals surface area contributed by atoms with Crippen LogP contribution in [0.5, 0.6) is 5.75 Å². The van der Waals surface area contributed by atoms with Crippen LogP contribution < -0.4 is 11.5 Å². The highest BCUT2D eigenvalue weighted by Crippen LogP contribution is 2.31. The highest BCUT2D eigenvalue weighted by Gasteiger charge is 2.19. The van der Waals surface area contributed by atoms with Crippen LogP contribution in [0.25, 0.3) is 0 Å². The molecule has 5 N–H and O–H groups in total. The van der Waals surface area contributed by atoms with E-state index in [0.717, 1.165) is 11.3 Å². The van der Waals surface area contributed by atoms with Gasteiger partial charge in [-0.25, -0.2) is 4.99 Å². The third-order valence-corrected chi connectivity index (χ3v) is 5.13. The van der Waals surface area contributed by atoms with E-state index in [4.69, 9.17) is 15.9 Å². The summed E-state index contributed by atoms with van der Waals surface area (Å²) in [6.07, 6.45) is 0.657. The lowest BCUT2D eigenvalue weighted by Gasteiger charge is -2.18. The molecule has 8 heteroatoms. The van der Waals surface area contributed by atoms with E-state index in [9.17, 15) is 9.90 Å². The number of aryl methyl sites for hydroxylation is 1. The quantitative estimate of drug-likeness (QED) is 0.371. The molecule has 3 rings (SSSR count). The Morgan fingerprint density at radius 2 is 1.79 bits per heavy atom. The van der Waals surface area contributed by atoms with Crippen LogP contribution in [0.2, 0.25) is 0 Å². The first-order valence-corrected chi connectivity index (χ1v) is 10.7. The largest absolute Gasteiger partial charge is 0.505 e. The van der Waals surface area contributed by atoms with E-state index in [2.05, 4.69) is 9.98 Å². The average Bonchev–Trinajstić information content (AvgIpc) is 3.24. The number of aromatic hydroxyl groups is 1. The number of nitrogens with zero attached hydrogens (tertiary/aromatic N) is 3. The molecule has 2 aromatic carbocycles. The van der Waals surface area contributed by atoms with Crippen molar-refractivity contribution in [3.63, 3.8) is 0 Å². The third kappa shape index (κ3) is 5.79. The van der Waals surface area contributed by atoms with Gasteiger partial charge in [0.15, 0.2) is 17.4 Å². The van der Waals surface area contributed by atoms with Crippen LogP contribution in [0.3, 0.4) is 0 Å². The molecule has 0 spiro atoms. The first kappa shape index (κ1) is 23.6. The van der Waals surface area contributed by atoms with Gasteiger partial charge in [0.05, 0.1) is 5.56 Å². The van der Waals surface area contributed by atoms with E-state index >= 15 is 0 Å².